The van der Waals surface area contributed by atoms with Crippen molar-refractivity contribution in [2.24, 2.45) is 0 Å². The van der Waals surface area contributed by atoms with E-state index in [1.165, 1.54) is 48.5 Å². The smallest absolute Gasteiger partial charge is 0.255 e. The number of hydrogen-bond donors (Lipinski definition) is 1. The average Bonchev–Trinajstić information content (AvgIpc) is 2.68. The maximum Gasteiger partial charge on any atom is 0.255 e. The van der Waals surface area contributed by atoms with Gasteiger partial charge in [0.1, 0.15) is 23.0 Å². The van der Waals surface area contributed by atoms with Gasteiger partial charge in [0.2, 0.25) is 0 Å². The molecular formula is C22H13F2NO3. The number of halogens is 2. The Morgan fingerprint density at radius 1 is 0.893 bits per heavy atom. The second-order valence-corrected chi connectivity index (χ2v) is 6.13. The van der Waals surface area contributed by atoms with Crippen LogP contribution < -0.4 is 10.7 Å². The summed E-state index contributed by atoms with van der Waals surface area (Å²) in [7, 11) is 0. The molecule has 28 heavy (non-hydrogen) atoms. The first-order valence-electron chi connectivity index (χ1n) is 8.41. The lowest BCUT2D eigenvalue weighted by Crippen LogP contribution is -2.12. The van der Waals surface area contributed by atoms with Crippen LogP contribution in [0.25, 0.3) is 22.3 Å². The summed E-state index contributed by atoms with van der Waals surface area (Å²) in [5.74, 6) is -1.41. The molecule has 4 aromatic rings. The van der Waals surface area contributed by atoms with Crippen molar-refractivity contribution in [2.45, 2.75) is 0 Å². The molecule has 1 aromatic heterocycles. The number of carbonyl (C=O) groups excluding carboxylic acids is 1. The molecule has 0 atom stereocenters. The lowest BCUT2D eigenvalue weighted by molar-refractivity contribution is 0.102. The Hall–Kier alpha value is -3.80. The van der Waals surface area contributed by atoms with Gasteiger partial charge in [0, 0.05) is 17.3 Å². The highest BCUT2D eigenvalue weighted by molar-refractivity contribution is 6.05. The van der Waals surface area contributed by atoms with E-state index in [0.717, 1.165) is 6.07 Å². The fraction of sp³-hybridized carbons (Fsp3) is 0. The second kappa shape index (κ2) is 7.08. The van der Waals surface area contributed by atoms with Gasteiger partial charge in [0.25, 0.3) is 5.91 Å². The highest BCUT2D eigenvalue weighted by Gasteiger charge is 2.12. The molecular weight excluding hydrogens is 364 g/mol. The first-order valence-corrected chi connectivity index (χ1v) is 8.41. The minimum absolute atomic E-state index is 0.118. The number of rotatable bonds is 3. The minimum Gasteiger partial charge on any atom is -0.456 e. The minimum atomic E-state index is -0.521. The van der Waals surface area contributed by atoms with Crippen LogP contribution in [0.5, 0.6) is 0 Å². The van der Waals surface area contributed by atoms with Crippen molar-refractivity contribution in [3.8, 4) is 11.3 Å². The number of fused-ring (bicyclic) bond motifs is 1. The summed E-state index contributed by atoms with van der Waals surface area (Å²) < 4.78 is 32.9. The highest BCUT2D eigenvalue weighted by atomic mass is 19.1. The number of hydrogen-bond acceptors (Lipinski definition) is 3. The molecule has 4 rings (SSSR count). The van der Waals surface area contributed by atoms with Crippen LogP contribution >= 0.6 is 0 Å². The fourth-order valence-electron chi connectivity index (χ4n) is 2.86. The molecule has 0 fully saturated rings. The molecule has 0 spiro atoms. The molecule has 4 nitrogen and oxygen atoms in total. The molecule has 0 aliphatic rings. The molecule has 138 valence electrons. The van der Waals surface area contributed by atoms with E-state index < -0.39 is 17.5 Å². The van der Waals surface area contributed by atoms with Gasteiger partial charge in [0.05, 0.1) is 10.9 Å². The number of amides is 1. The summed E-state index contributed by atoms with van der Waals surface area (Å²) in [6, 6.07) is 17.0. The average molecular weight is 377 g/mol. The van der Waals surface area contributed by atoms with E-state index in [9.17, 15) is 18.4 Å². The summed E-state index contributed by atoms with van der Waals surface area (Å²) in [4.78, 5) is 24.7. The van der Waals surface area contributed by atoms with Crippen molar-refractivity contribution in [3.05, 3.63) is 100 Å². The summed E-state index contributed by atoms with van der Waals surface area (Å²) in [5, 5.41) is 2.85. The molecule has 0 aliphatic carbocycles. The van der Waals surface area contributed by atoms with E-state index in [2.05, 4.69) is 5.32 Å². The molecule has 1 heterocycles. The Kier molecular flexibility index (Phi) is 4.45. The van der Waals surface area contributed by atoms with Gasteiger partial charge in [-0.2, -0.15) is 0 Å². The Balaban J connectivity index is 1.69. The molecule has 0 bridgehead atoms. The molecule has 3 aromatic carbocycles. The van der Waals surface area contributed by atoms with Crippen LogP contribution in [-0.4, -0.2) is 5.91 Å². The van der Waals surface area contributed by atoms with E-state index >= 15 is 0 Å². The van der Waals surface area contributed by atoms with Crippen LogP contribution in [0.4, 0.5) is 14.5 Å². The maximum atomic E-state index is 14.0. The SMILES string of the molecule is O=C(Nc1ccc2oc(-c3ccccc3F)cc(=O)c2c1)c1cccc(F)c1. The standard InChI is InChI=1S/C22H13F2NO3/c23-14-5-3-4-13(10-14)22(27)25-15-8-9-20-17(11-15)19(26)12-21(28-20)16-6-1-2-7-18(16)24/h1-12H,(H,25,27). The highest BCUT2D eigenvalue weighted by Crippen LogP contribution is 2.26. The molecule has 0 saturated heterocycles. The van der Waals surface area contributed by atoms with Crippen molar-refractivity contribution in [1.29, 1.82) is 0 Å². The molecule has 0 aliphatic heterocycles. The Bertz CT molecular complexity index is 1260. The number of benzene rings is 3. The summed E-state index contributed by atoms with van der Waals surface area (Å²) in [6.45, 7) is 0. The van der Waals surface area contributed by atoms with E-state index in [1.54, 1.807) is 18.2 Å². The summed E-state index contributed by atoms with van der Waals surface area (Å²) >= 11 is 0. The van der Waals surface area contributed by atoms with Gasteiger partial charge in [-0.25, -0.2) is 8.78 Å². The van der Waals surface area contributed by atoms with Crippen molar-refractivity contribution in [2.75, 3.05) is 5.32 Å². The van der Waals surface area contributed by atoms with Crippen molar-refractivity contribution in [1.82, 2.24) is 0 Å². The largest absolute Gasteiger partial charge is 0.456 e. The predicted octanol–water partition coefficient (Wildman–Crippen LogP) is 4.99. The van der Waals surface area contributed by atoms with Gasteiger partial charge in [-0.1, -0.05) is 18.2 Å². The molecule has 0 saturated carbocycles. The third-order valence-corrected chi connectivity index (χ3v) is 4.21. The number of nitrogens with one attached hydrogen (secondary N) is 1. The zero-order valence-electron chi connectivity index (χ0n) is 14.4. The van der Waals surface area contributed by atoms with Crippen molar-refractivity contribution in [3.63, 3.8) is 0 Å². The predicted molar refractivity (Wildman–Crippen MR) is 102 cm³/mol. The van der Waals surface area contributed by atoms with Gasteiger partial charge in [0.15, 0.2) is 5.43 Å². The number of carbonyl (C=O) groups is 1. The quantitative estimate of drug-likeness (QED) is 0.547. The summed E-state index contributed by atoms with van der Waals surface area (Å²) in [6.07, 6.45) is 0. The van der Waals surface area contributed by atoms with Gasteiger partial charge < -0.3 is 9.73 Å². The topological polar surface area (TPSA) is 59.3 Å². The maximum absolute atomic E-state index is 14.0. The molecule has 0 unspecified atom stereocenters. The lowest BCUT2D eigenvalue weighted by atomic mass is 10.1. The molecule has 0 radical (unpaired) electrons. The van der Waals surface area contributed by atoms with Gasteiger partial charge in [-0.05, 0) is 48.5 Å². The third kappa shape index (κ3) is 3.40. The van der Waals surface area contributed by atoms with Crippen LogP contribution in [0.1, 0.15) is 10.4 Å². The van der Waals surface area contributed by atoms with Crippen LogP contribution in [0.15, 0.2) is 82.0 Å². The lowest BCUT2D eigenvalue weighted by Gasteiger charge is -2.08. The van der Waals surface area contributed by atoms with Gasteiger partial charge in [-0.15, -0.1) is 0 Å². The Morgan fingerprint density at radius 3 is 2.50 bits per heavy atom. The second-order valence-electron chi connectivity index (χ2n) is 6.13. The van der Waals surface area contributed by atoms with Crippen LogP contribution in [0.3, 0.4) is 0 Å². The monoisotopic (exact) mass is 377 g/mol. The Labute approximate surface area is 158 Å². The summed E-state index contributed by atoms with van der Waals surface area (Å²) in [5.41, 5.74) is 0.579. The van der Waals surface area contributed by atoms with E-state index in [-0.39, 0.29) is 33.3 Å². The molecule has 1 amide bonds. The van der Waals surface area contributed by atoms with Crippen LogP contribution in [-0.2, 0) is 0 Å². The number of anilines is 1. The zero-order chi connectivity index (χ0) is 19.7. The molecule has 1 N–H and O–H groups in total. The van der Waals surface area contributed by atoms with Gasteiger partial charge in [-0.3, -0.25) is 9.59 Å². The van der Waals surface area contributed by atoms with Crippen LogP contribution in [0, 0.1) is 11.6 Å². The van der Waals surface area contributed by atoms with E-state index in [1.807, 2.05) is 0 Å². The van der Waals surface area contributed by atoms with Gasteiger partial charge >= 0.3 is 0 Å². The zero-order valence-corrected chi connectivity index (χ0v) is 14.4. The fourth-order valence-corrected chi connectivity index (χ4v) is 2.86. The van der Waals surface area contributed by atoms with Crippen molar-refractivity contribution >= 4 is 22.6 Å². The van der Waals surface area contributed by atoms with E-state index in [0.29, 0.717) is 5.69 Å². The first kappa shape index (κ1) is 17.6. The normalized spacial score (nSPS) is 10.8. The Morgan fingerprint density at radius 2 is 1.71 bits per heavy atom. The molecule has 6 heteroatoms. The van der Waals surface area contributed by atoms with Crippen molar-refractivity contribution < 1.29 is 18.0 Å². The first-order chi connectivity index (χ1) is 13.5. The van der Waals surface area contributed by atoms with Crippen LogP contribution in [0.2, 0.25) is 0 Å². The van der Waals surface area contributed by atoms with E-state index in [4.69, 9.17) is 4.42 Å². The third-order valence-electron chi connectivity index (χ3n) is 4.21.